The lowest BCUT2D eigenvalue weighted by Crippen LogP contribution is -2.45. The minimum absolute atomic E-state index is 0.0937. The van der Waals surface area contributed by atoms with Crippen LogP contribution in [0, 0.1) is 12.8 Å². The Kier molecular flexibility index (Phi) is 5.52. The first kappa shape index (κ1) is 19.8. The number of rotatable bonds is 6. The predicted octanol–water partition coefficient (Wildman–Crippen LogP) is 2.42. The molecule has 0 aromatic carbocycles. The van der Waals surface area contributed by atoms with E-state index in [0.717, 1.165) is 4.88 Å². The predicted molar refractivity (Wildman–Crippen MR) is 104 cm³/mol. The molecule has 9 nitrogen and oxygen atoms in total. The van der Waals surface area contributed by atoms with Gasteiger partial charge in [0.25, 0.3) is 15.9 Å². The summed E-state index contributed by atoms with van der Waals surface area (Å²) < 4.78 is 37.7. The third-order valence-corrected chi connectivity index (χ3v) is 8.02. The van der Waals surface area contributed by atoms with Crippen molar-refractivity contribution >= 4 is 27.3 Å². The smallest absolute Gasteiger partial charge is 0.293 e. The summed E-state index contributed by atoms with van der Waals surface area (Å²) in [6.07, 6.45) is 2.76. The third-order valence-electron chi connectivity index (χ3n) is 4.69. The molecule has 0 spiro atoms. The lowest BCUT2D eigenvalue weighted by Gasteiger charge is -2.30. The lowest BCUT2D eigenvalue weighted by atomic mass is 9.99. The Balaban J connectivity index is 1.36. The highest BCUT2D eigenvalue weighted by molar-refractivity contribution is 7.91. The summed E-state index contributed by atoms with van der Waals surface area (Å²) in [5, 5.41) is 6.59. The van der Waals surface area contributed by atoms with E-state index in [1.165, 1.54) is 21.9 Å². The molecular weight excluding hydrogens is 416 g/mol. The van der Waals surface area contributed by atoms with Crippen molar-refractivity contribution in [2.24, 2.45) is 5.92 Å². The molecule has 1 saturated heterocycles. The highest BCUT2D eigenvalue weighted by Crippen LogP contribution is 2.28. The number of aryl methyl sites for hydroxylation is 1. The van der Waals surface area contributed by atoms with Crippen LogP contribution in [0.2, 0.25) is 0 Å². The van der Waals surface area contributed by atoms with Crippen molar-refractivity contribution in [2.75, 3.05) is 13.1 Å². The molecule has 3 aromatic heterocycles. The van der Waals surface area contributed by atoms with Crippen molar-refractivity contribution in [3.8, 4) is 11.7 Å². The number of sulfonamides is 1. The quantitative estimate of drug-likeness (QED) is 0.630. The van der Waals surface area contributed by atoms with Gasteiger partial charge in [-0.05, 0) is 44.0 Å². The Bertz CT molecular complexity index is 1090. The first-order chi connectivity index (χ1) is 13.9. The molecule has 1 fully saturated rings. The van der Waals surface area contributed by atoms with Gasteiger partial charge in [0.15, 0.2) is 11.6 Å². The monoisotopic (exact) mass is 436 g/mol. The Morgan fingerprint density at radius 2 is 2.24 bits per heavy atom. The standard InChI is InChI=1S/C18H20N4O5S2/c1-12-6-7-16(28-12)29(24,25)22-8-2-4-13(11-22)17(23)19-10-15-20-18(27-21-15)14-5-3-9-26-14/h3,5-7,9,13H,2,4,8,10-11H2,1H3,(H,19,23)/t13-/m0/s1. The largest absolute Gasteiger partial charge is 0.459 e. The van der Waals surface area contributed by atoms with E-state index >= 15 is 0 Å². The molecule has 0 bridgehead atoms. The highest BCUT2D eigenvalue weighted by atomic mass is 32.2. The summed E-state index contributed by atoms with van der Waals surface area (Å²) >= 11 is 1.24. The number of hydrogen-bond acceptors (Lipinski definition) is 8. The molecule has 1 aliphatic heterocycles. The molecule has 1 atom stereocenters. The second kappa shape index (κ2) is 8.09. The molecule has 154 valence electrons. The van der Waals surface area contributed by atoms with E-state index in [9.17, 15) is 13.2 Å². The van der Waals surface area contributed by atoms with E-state index in [4.69, 9.17) is 8.94 Å². The van der Waals surface area contributed by atoms with Gasteiger partial charge in [0.05, 0.1) is 18.7 Å². The maximum Gasteiger partial charge on any atom is 0.293 e. The van der Waals surface area contributed by atoms with Crippen LogP contribution in [0.25, 0.3) is 11.7 Å². The second-order valence-electron chi connectivity index (χ2n) is 6.78. The molecule has 0 saturated carbocycles. The zero-order valence-corrected chi connectivity index (χ0v) is 17.3. The van der Waals surface area contributed by atoms with Crippen LogP contribution < -0.4 is 5.32 Å². The minimum Gasteiger partial charge on any atom is -0.459 e. The lowest BCUT2D eigenvalue weighted by molar-refractivity contribution is -0.126. The van der Waals surface area contributed by atoms with Gasteiger partial charge in [-0.25, -0.2) is 8.42 Å². The first-order valence-corrected chi connectivity index (χ1v) is 11.4. The van der Waals surface area contributed by atoms with Gasteiger partial charge in [-0.1, -0.05) is 5.16 Å². The van der Waals surface area contributed by atoms with Crippen molar-refractivity contribution < 1.29 is 22.2 Å². The summed E-state index contributed by atoms with van der Waals surface area (Å²) in [4.78, 5) is 17.7. The van der Waals surface area contributed by atoms with Crippen LogP contribution in [0.4, 0.5) is 0 Å². The van der Waals surface area contributed by atoms with Crippen LogP contribution in [-0.2, 0) is 21.4 Å². The van der Waals surface area contributed by atoms with Crippen molar-refractivity contribution in [3.63, 3.8) is 0 Å². The fraction of sp³-hybridized carbons (Fsp3) is 0.389. The molecule has 0 unspecified atom stereocenters. The zero-order valence-electron chi connectivity index (χ0n) is 15.7. The number of piperidine rings is 1. The van der Waals surface area contributed by atoms with Gasteiger partial charge in [0, 0.05) is 18.0 Å². The summed E-state index contributed by atoms with van der Waals surface area (Å²) in [6, 6.07) is 6.81. The molecule has 1 amide bonds. The maximum atomic E-state index is 12.8. The van der Waals surface area contributed by atoms with E-state index in [1.54, 1.807) is 24.3 Å². The van der Waals surface area contributed by atoms with E-state index in [0.29, 0.717) is 35.2 Å². The van der Waals surface area contributed by atoms with Crippen molar-refractivity contribution in [2.45, 2.75) is 30.5 Å². The maximum absolute atomic E-state index is 12.8. The molecule has 29 heavy (non-hydrogen) atoms. The van der Waals surface area contributed by atoms with Gasteiger partial charge in [-0.3, -0.25) is 4.79 Å². The normalized spacial score (nSPS) is 18.0. The fourth-order valence-electron chi connectivity index (χ4n) is 3.19. The molecule has 0 radical (unpaired) electrons. The zero-order chi connectivity index (χ0) is 20.4. The summed E-state index contributed by atoms with van der Waals surface area (Å²) in [6.45, 7) is 2.54. The molecule has 1 N–H and O–H groups in total. The molecule has 1 aliphatic rings. The van der Waals surface area contributed by atoms with Gasteiger partial charge >= 0.3 is 0 Å². The van der Waals surface area contributed by atoms with Gasteiger partial charge in [0.1, 0.15) is 4.21 Å². The number of thiophene rings is 1. The number of hydrogen-bond donors (Lipinski definition) is 1. The fourth-order valence-corrected chi connectivity index (χ4v) is 6.15. The van der Waals surface area contributed by atoms with Crippen LogP contribution in [0.15, 0.2) is 43.7 Å². The Morgan fingerprint density at radius 1 is 1.38 bits per heavy atom. The molecule has 11 heteroatoms. The average Bonchev–Trinajstić information content (AvgIpc) is 3.47. The van der Waals surface area contributed by atoms with Gasteiger partial charge in [-0.2, -0.15) is 9.29 Å². The molecule has 0 aliphatic carbocycles. The number of nitrogens with one attached hydrogen (secondary N) is 1. The van der Waals surface area contributed by atoms with Crippen molar-refractivity contribution in [3.05, 3.63) is 41.2 Å². The summed E-state index contributed by atoms with van der Waals surface area (Å²) in [7, 11) is -3.57. The van der Waals surface area contributed by atoms with Crippen LogP contribution in [-0.4, -0.2) is 41.9 Å². The first-order valence-electron chi connectivity index (χ1n) is 9.14. The van der Waals surface area contributed by atoms with Crippen LogP contribution in [0.5, 0.6) is 0 Å². The van der Waals surface area contributed by atoms with Crippen LogP contribution >= 0.6 is 11.3 Å². The minimum atomic E-state index is -3.57. The van der Waals surface area contributed by atoms with Crippen molar-refractivity contribution in [1.29, 1.82) is 0 Å². The molecule has 4 rings (SSSR count). The SMILES string of the molecule is Cc1ccc(S(=O)(=O)N2CCC[C@H](C(=O)NCc3noc(-c4ccco4)n3)C2)s1. The Morgan fingerprint density at radius 3 is 2.97 bits per heavy atom. The van der Waals surface area contributed by atoms with Gasteiger partial charge < -0.3 is 14.3 Å². The Labute approximate surface area is 171 Å². The summed E-state index contributed by atoms with van der Waals surface area (Å²) in [5.41, 5.74) is 0. The molecule has 4 heterocycles. The number of nitrogens with zero attached hydrogens (tertiary/aromatic N) is 3. The summed E-state index contributed by atoms with van der Waals surface area (Å²) in [5.74, 6) is 0.360. The number of carbonyl (C=O) groups is 1. The van der Waals surface area contributed by atoms with E-state index in [1.807, 2.05) is 6.92 Å². The van der Waals surface area contributed by atoms with Gasteiger partial charge in [0.2, 0.25) is 5.91 Å². The Hall–Kier alpha value is -2.50. The molecular formula is C18H20N4O5S2. The second-order valence-corrected chi connectivity index (χ2v) is 10.2. The number of furan rings is 1. The third kappa shape index (κ3) is 4.26. The number of amides is 1. The molecule has 3 aromatic rings. The number of carbonyl (C=O) groups excluding carboxylic acids is 1. The average molecular weight is 437 g/mol. The van der Waals surface area contributed by atoms with Gasteiger partial charge in [-0.15, -0.1) is 11.3 Å². The van der Waals surface area contributed by atoms with Crippen LogP contribution in [0.3, 0.4) is 0 Å². The number of aromatic nitrogens is 2. The van der Waals surface area contributed by atoms with Crippen molar-refractivity contribution in [1.82, 2.24) is 19.8 Å². The van der Waals surface area contributed by atoms with E-state index in [-0.39, 0.29) is 24.9 Å². The highest BCUT2D eigenvalue weighted by Gasteiger charge is 2.34. The van der Waals surface area contributed by atoms with E-state index in [2.05, 4.69) is 15.5 Å². The topological polar surface area (TPSA) is 119 Å². The van der Waals surface area contributed by atoms with E-state index < -0.39 is 15.9 Å². The van der Waals surface area contributed by atoms with Crippen LogP contribution in [0.1, 0.15) is 23.5 Å².